The Morgan fingerprint density at radius 2 is 2.00 bits per heavy atom. The van der Waals surface area contributed by atoms with Crippen LogP contribution in [0.2, 0.25) is 0 Å². The minimum Gasteiger partial charge on any atom is -0.390 e. The normalized spacial score (nSPS) is 36.3. The number of aliphatic hydroxyl groups is 1. The van der Waals surface area contributed by atoms with Crippen LogP contribution in [0.25, 0.3) is 0 Å². The quantitative estimate of drug-likeness (QED) is 0.440. The first-order valence-corrected chi connectivity index (χ1v) is 12.5. The third kappa shape index (κ3) is 5.49. The number of hydrogen-bond acceptors (Lipinski definition) is 2. The predicted molar refractivity (Wildman–Crippen MR) is 127 cm³/mol. The van der Waals surface area contributed by atoms with Gasteiger partial charge in [-0.15, -0.1) is 0 Å². The summed E-state index contributed by atoms with van der Waals surface area (Å²) in [6.45, 7) is 13.1. The molecule has 0 aromatic rings. The van der Waals surface area contributed by atoms with E-state index in [-0.39, 0.29) is 6.10 Å². The second-order valence-corrected chi connectivity index (χ2v) is 11.4. The molecule has 3 aliphatic carbocycles. The van der Waals surface area contributed by atoms with E-state index < -0.39 is 5.60 Å². The third-order valence-corrected chi connectivity index (χ3v) is 8.66. The van der Waals surface area contributed by atoms with E-state index in [1.54, 1.807) is 5.57 Å². The fourth-order valence-corrected chi connectivity index (χ4v) is 6.87. The molecule has 0 bridgehead atoms. The summed E-state index contributed by atoms with van der Waals surface area (Å²) in [4.78, 5) is 0. The monoisotopic (exact) mass is 414 g/mol. The molecule has 3 saturated carbocycles. The highest BCUT2D eigenvalue weighted by molar-refractivity contribution is 5.28. The average molecular weight is 415 g/mol. The first kappa shape index (κ1) is 23.8. The van der Waals surface area contributed by atoms with Gasteiger partial charge in [0.05, 0.1) is 11.7 Å². The van der Waals surface area contributed by atoms with Gasteiger partial charge in [0, 0.05) is 7.11 Å². The lowest BCUT2D eigenvalue weighted by Crippen LogP contribution is -2.36. The molecule has 0 aromatic heterocycles. The van der Waals surface area contributed by atoms with Crippen LogP contribution in [0.4, 0.5) is 0 Å². The molecule has 0 saturated heterocycles. The van der Waals surface area contributed by atoms with Crippen LogP contribution in [-0.2, 0) is 4.74 Å². The Labute approximate surface area is 185 Å². The zero-order valence-corrected chi connectivity index (χ0v) is 20.3. The maximum absolute atomic E-state index is 10.1. The van der Waals surface area contributed by atoms with E-state index in [0.29, 0.717) is 5.41 Å². The first-order valence-electron chi connectivity index (χ1n) is 12.5. The molecule has 1 N–H and O–H groups in total. The van der Waals surface area contributed by atoms with Crippen LogP contribution in [0.3, 0.4) is 0 Å². The van der Waals surface area contributed by atoms with E-state index in [9.17, 15) is 5.11 Å². The van der Waals surface area contributed by atoms with Crippen LogP contribution in [0.1, 0.15) is 98.3 Å². The molecular formula is C28H46O2. The Morgan fingerprint density at radius 3 is 2.70 bits per heavy atom. The van der Waals surface area contributed by atoms with Crippen molar-refractivity contribution < 1.29 is 9.84 Å². The van der Waals surface area contributed by atoms with Crippen molar-refractivity contribution in [2.45, 2.75) is 110 Å². The van der Waals surface area contributed by atoms with Gasteiger partial charge in [-0.3, -0.25) is 0 Å². The molecule has 0 radical (unpaired) electrons. The van der Waals surface area contributed by atoms with Crippen molar-refractivity contribution >= 4 is 0 Å². The maximum atomic E-state index is 10.1. The van der Waals surface area contributed by atoms with Crippen molar-refractivity contribution in [2.24, 2.45) is 23.2 Å². The lowest BCUT2D eigenvalue weighted by atomic mass is 9.60. The number of hydrogen-bond donors (Lipinski definition) is 1. The second kappa shape index (κ2) is 9.74. The van der Waals surface area contributed by atoms with Crippen LogP contribution in [0.5, 0.6) is 0 Å². The van der Waals surface area contributed by atoms with E-state index in [0.717, 1.165) is 49.9 Å². The number of allylic oxidation sites excluding steroid dienone is 3. The maximum Gasteiger partial charge on any atom is 0.0815 e. The molecule has 0 heterocycles. The van der Waals surface area contributed by atoms with Gasteiger partial charge in [0.25, 0.3) is 0 Å². The number of methoxy groups -OCH3 is 1. The zero-order chi connectivity index (χ0) is 21.9. The molecule has 170 valence electrons. The number of ether oxygens (including phenoxy) is 1. The van der Waals surface area contributed by atoms with Gasteiger partial charge >= 0.3 is 0 Å². The van der Waals surface area contributed by atoms with Crippen molar-refractivity contribution in [2.75, 3.05) is 7.11 Å². The lowest BCUT2D eigenvalue weighted by Gasteiger charge is -2.44. The Morgan fingerprint density at radius 1 is 1.23 bits per heavy atom. The second-order valence-electron chi connectivity index (χ2n) is 11.4. The van der Waals surface area contributed by atoms with E-state index in [1.165, 1.54) is 49.7 Å². The van der Waals surface area contributed by atoms with Crippen molar-refractivity contribution in [3.63, 3.8) is 0 Å². The predicted octanol–water partition coefficient (Wildman–Crippen LogP) is 7.39. The van der Waals surface area contributed by atoms with Gasteiger partial charge in [-0.25, -0.2) is 0 Å². The Balaban J connectivity index is 1.66. The number of fused-ring (bicyclic) bond motifs is 1. The Kier molecular flexibility index (Phi) is 7.72. The highest BCUT2D eigenvalue weighted by Crippen LogP contribution is 2.60. The Bertz CT molecular complexity index is 665. The van der Waals surface area contributed by atoms with Gasteiger partial charge in [0.1, 0.15) is 0 Å². The summed E-state index contributed by atoms with van der Waals surface area (Å²) in [7, 11) is 1.81. The van der Waals surface area contributed by atoms with Crippen molar-refractivity contribution in [3.8, 4) is 0 Å². The summed E-state index contributed by atoms with van der Waals surface area (Å²) in [6, 6.07) is 0. The molecule has 0 amide bonds. The van der Waals surface area contributed by atoms with Gasteiger partial charge in [-0.05, 0) is 100 Å². The minimum absolute atomic E-state index is 0.209. The van der Waals surface area contributed by atoms with E-state index in [2.05, 4.69) is 32.6 Å². The van der Waals surface area contributed by atoms with E-state index in [4.69, 9.17) is 4.74 Å². The van der Waals surface area contributed by atoms with E-state index in [1.807, 2.05) is 21.0 Å². The topological polar surface area (TPSA) is 29.5 Å². The van der Waals surface area contributed by atoms with Gasteiger partial charge in [-0.2, -0.15) is 0 Å². The highest BCUT2D eigenvalue weighted by Gasteiger charge is 2.50. The first-order chi connectivity index (χ1) is 14.1. The van der Waals surface area contributed by atoms with Crippen molar-refractivity contribution in [1.82, 2.24) is 0 Å². The van der Waals surface area contributed by atoms with Crippen LogP contribution in [-0.4, -0.2) is 23.9 Å². The van der Waals surface area contributed by atoms with Crippen LogP contribution in [0.15, 0.2) is 35.5 Å². The molecule has 2 nitrogen and oxygen atoms in total. The molecule has 3 rings (SSSR count). The fourth-order valence-electron chi connectivity index (χ4n) is 6.87. The molecule has 30 heavy (non-hydrogen) atoms. The Hall–Kier alpha value is -0.860. The molecule has 3 fully saturated rings. The fraction of sp³-hybridized carbons (Fsp3) is 0.786. The summed E-state index contributed by atoms with van der Waals surface area (Å²) in [6.07, 6.45) is 18.4. The molecule has 0 aliphatic heterocycles. The van der Waals surface area contributed by atoms with Crippen LogP contribution < -0.4 is 0 Å². The molecule has 0 aromatic carbocycles. The van der Waals surface area contributed by atoms with Gasteiger partial charge in [0.2, 0.25) is 0 Å². The minimum atomic E-state index is -0.524. The molecule has 0 spiro atoms. The van der Waals surface area contributed by atoms with Gasteiger partial charge in [0.15, 0.2) is 0 Å². The molecular weight excluding hydrogens is 368 g/mol. The summed E-state index contributed by atoms with van der Waals surface area (Å²) in [5.74, 6) is 2.35. The summed E-state index contributed by atoms with van der Waals surface area (Å²) < 4.78 is 5.63. The van der Waals surface area contributed by atoms with Gasteiger partial charge in [-0.1, -0.05) is 56.6 Å². The smallest absolute Gasteiger partial charge is 0.0815 e. The third-order valence-electron chi connectivity index (χ3n) is 8.66. The number of rotatable bonds is 7. The molecule has 5 atom stereocenters. The largest absolute Gasteiger partial charge is 0.390 e. The van der Waals surface area contributed by atoms with Gasteiger partial charge < -0.3 is 9.84 Å². The lowest BCUT2D eigenvalue weighted by molar-refractivity contribution is 0.0596. The highest BCUT2D eigenvalue weighted by atomic mass is 16.5. The standard InChI is InChI=1S/C28H46O2/c1-20(9-7-17-27(3,4)29)24-15-16-25-23(10-8-18-28(24,25)5)14-13-22-12-11-21(2)26(19-22)30-6/h13-14,20,24-26,29H,2,7-12,15-19H2,1,3-6H3/b22-13-,23-14+/t20-,24?,25+,26-,28-/m1/s1. The zero-order valence-electron chi connectivity index (χ0n) is 20.3. The summed E-state index contributed by atoms with van der Waals surface area (Å²) in [5, 5.41) is 10.1. The SMILES string of the molecule is C=C1CC/C(=C/C=C2\CCC[C@]3(C)C([C@H](C)CCCC(C)(C)O)CC[C@@H]23)C[C@H]1OC. The van der Waals surface area contributed by atoms with Crippen LogP contribution in [0, 0.1) is 23.2 Å². The van der Waals surface area contributed by atoms with E-state index >= 15 is 0 Å². The van der Waals surface area contributed by atoms with Crippen LogP contribution >= 0.6 is 0 Å². The van der Waals surface area contributed by atoms with Crippen molar-refractivity contribution in [3.05, 3.63) is 35.5 Å². The molecule has 2 heteroatoms. The summed E-state index contributed by atoms with van der Waals surface area (Å²) >= 11 is 0. The van der Waals surface area contributed by atoms with Crippen molar-refractivity contribution in [1.29, 1.82) is 0 Å². The molecule has 3 aliphatic rings. The average Bonchev–Trinajstić information content (AvgIpc) is 3.03. The molecule has 1 unspecified atom stereocenters. The summed E-state index contributed by atoms with van der Waals surface area (Å²) in [5.41, 5.74) is 4.44.